The van der Waals surface area contributed by atoms with Crippen molar-refractivity contribution in [3.8, 4) is 0 Å². The number of urea groups is 1. The van der Waals surface area contributed by atoms with Crippen molar-refractivity contribution >= 4 is 6.03 Å². The van der Waals surface area contributed by atoms with Crippen LogP contribution >= 0.6 is 0 Å². The summed E-state index contributed by atoms with van der Waals surface area (Å²) in [5.74, 6) is 0. The number of aryl methyl sites for hydroxylation is 1. The van der Waals surface area contributed by atoms with Gasteiger partial charge in [-0.25, -0.2) is 4.79 Å². The quantitative estimate of drug-likeness (QED) is 0.780. The second-order valence-electron chi connectivity index (χ2n) is 5.62. The molecule has 0 atom stereocenters. The van der Waals surface area contributed by atoms with Crippen LogP contribution in [0.1, 0.15) is 23.7 Å². The van der Waals surface area contributed by atoms with Gasteiger partial charge >= 0.3 is 6.03 Å². The van der Waals surface area contributed by atoms with Crippen molar-refractivity contribution in [3.05, 3.63) is 72.1 Å². The van der Waals surface area contributed by atoms with E-state index in [2.05, 4.69) is 59.9 Å². The van der Waals surface area contributed by atoms with E-state index in [0.717, 1.165) is 12.2 Å². The summed E-state index contributed by atoms with van der Waals surface area (Å²) in [7, 11) is 0. The van der Waals surface area contributed by atoms with Gasteiger partial charge in [-0.15, -0.1) is 6.58 Å². The highest BCUT2D eigenvalue weighted by atomic mass is 16.2. The second kappa shape index (κ2) is 8.22. The lowest BCUT2D eigenvalue weighted by molar-refractivity contribution is 0.200. The van der Waals surface area contributed by atoms with E-state index in [9.17, 15) is 4.79 Å². The number of hydrogen-bond donors (Lipinski definition) is 1. The predicted molar refractivity (Wildman–Crippen MR) is 94.4 cm³/mol. The first-order valence-corrected chi connectivity index (χ1v) is 7.97. The van der Waals surface area contributed by atoms with Crippen LogP contribution in [0.5, 0.6) is 0 Å². The van der Waals surface area contributed by atoms with Gasteiger partial charge in [-0.1, -0.05) is 35.9 Å². The van der Waals surface area contributed by atoms with Gasteiger partial charge in [-0.3, -0.25) is 0 Å². The van der Waals surface area contributed by atoms with Crippen molar-refractivity contribution in [2.24, 2.45) is 0 Å². The molecule has 1 aromatic heterocycles. The Labute approximate surface area is 138 Å². The highest BCUT2D eigenvalue weighted by molar-refractivity contribution is 5.74. The van der Waals surface area contributed by atoms with E-state index in [-0.39, 0.29) is 6.03 Å². The zero-order valence-corrected chi connectivity index (χ0v) is 14.0. The number of amides is 2. The van der Waals surface area contributed by atoms with E-state index in [1.807, 2.05) is 13.0 Å². The lowest BCUT2D eigenvalue weighted by atomic mass is 10.1. The fourth-order valence-corrected chi connectivity index (χ4v) is 2.59. The van der Waals surface area contributed by atoms with E-state index < -0.39 is 0 Å². The molecular formula is C19H25N3O. The van der Waals surface area contributed by atoms with Gasteiger partial charge in [0, 0.05) is 31.5 Å². The molecule has 4 nitrogen and oxygen atoms in total. The molecule has 0 aliphatic heterocycles. The largest absolute Gasteiger partial charge is 0.345 e. The summed E-state index contributed by atoms with van der Waals surface area (Å²) in [6.07, 6.45) is 3.81. The average Bonchev–Trinajstić information content (AvgIpc) is 2.94. The van der Waals surface area contributed by atoms with Gasteiger partial charge in [0.2, 0.25) is 0 Å². The summed E-state index contributed by atoms with van der Waals surface area (Å²) in [6, 6.07) is 12.5. The number of nitrogens with one attached hydrogen (secondary N) is 1. The first-order chi connectivity index (χ1) is 11.1. The maximum absolute atomic E-state index is 12.1. The molecule has 0 fully saturated rings. The van der Waals surface area contributed by atoms with Crippen LogP contribution in [0.15, 0.2) is 55.3 Å². The molecule has 0 saturated heterocycles. The second-order valence-corrected chi connectivity index (χ2v) is 5.62. The Kier molecular flexibility index (Phi) is 6.03. The topological polar surface area (TPSA) is 37.3 Å². The third-order valence-corrected chi connectivity index (χ3v) is 3.68. The normalized spacial score (nSPS) is 10.3. The number of rotatable bonds is 7. The number of aromatic nitrogens is 1. The lowest BCUT2D eigenvalue weighted by Gasteiger charge is -2.22. The summed E-state index contributed by atoms with van der Waals surface area (Å²) >= 11 is 0. The van der Waals surface area contributed by atoms with E-state index >= 15 is 0 Å². The third kappa shape index (κ3) is 4.74. The fourth-order valence-electron chi connectivity index (χ4n) is 2.59. The van der Waals surface area contributed by atoms with Crippen molar-refractivity contribution in [1.29, 1.82) is 0 Å². The number of carbonyl (C=O) groups is 1. The first kappa shape index (κ1) is 16.9. The number of carbonyl (C=O) groups excluding carboxylic acids is 1. The molecule has 0 bridgehead atoms. The third-order valence-electron chi connectivity index (χ3n) is 3.68. The molecule has 2 rings (SSSR count). The van der Waals surface area contributed by atoms with Gasteiger partial charge in [0.25, 0.3) is 0 Å². The minimum Gasteiger partial charge on any atom is -0.345 e. The zero-order valence-electron chi connectivity index (χ0n) is 14.0. The van der Waals surface area contributed by atoms with E-state index in [1.54, 1.807) is 11.0 Å². The molecule has 0 aliphatic rings. The molecule has 0 aliphatic carbocycles. The van der Waals surface area contributed by atoms with Crippen LogP contribution in [0.3, 0.4) is 0 Å². The average molecular weight is 311 g/mol. The SMILES string of the molecule is C=CCN(Cc1cccn1Cc1cccc(C)c1)C(=O)NCC. The predicted octanol–water partition coefficient (Wildman–Crippen LogP) is 3.56. The molecular weight excluding hydrogens is 286 g/mol. The molecule has 1 heterocycles. The highest BCUT2D eigenvalue weighted by Gasteiger charge is 2.13. The van der Waals surface area contributed by atoms with Crippen molar-refractivity contribution in [3.63, 3.8) is 0 Å². The molecule has 2 amide bonds. The standard InChI is InChI=1S/C19H25N3O/c1-4-11-22(19(23)20-5-2)15-18-10-7-12-21(18)14-17-9-6-8-16(3)13-17/h4,6-10,12-13H,1,5,11,14-15H2,2-3H3,(H,20,23). The molecule has 2 aromatic rings. The molecule has 0 radical (unpaired) electrons. The lowest BCUT2D eigenvalue weighted by Crippen LogP contribution is -2.39. The summed E-state index contributed by atoms with van der Waals surface area (Å²) in [5.41, 5.74) is 3.63. The molecule has 122 valence electrons. The first-order valence-electron chi connectivity index (χ1n) is 7.97. The van der Waals surface area contributed by atoms with Gasteiger partial charge in [-0.05, 0) is 31.5 Å². The monoisotopic (exact) mass is 311 g/mol. The van der Waals surface area contributed by atoms with Crippen LogP contribution in [-0.4, -0.2) is 28.6 Å². The molecule has 23 heavy (non-hydrogen) atoms. The molecule has 1 aromatic carbocycles. The van der Waals surface area contributed by atoms with Gasteiger partial charge in [0.05, 0.1) is 6.54 Å². The fraction of sp³-hybridized carbons (Fsp3) is 0.316. The van der Waals surface area contributed by atoms with Crippen LogP contribution in [0.25, 0.3) is 0 Å². The van der Waals surface area contributed by atoms with Gasteiger partial charge in [0.1, 0.15) is 0 Å². The summed E-state index contributed by atoms with van der Waals surface area (Å²) in [6.45, 7) is 10.3. The highest BCUT2D eigenvalue weighted by Crippen LogP contribution is 2.12. The number of benzene rings is 1. The number of nitrogens with zero attached hydrogens (tertiary/aromatic N) is 2. The summed E-state index contributed by atoms with van der Waals surface area (Å²) in [5, 5.41) is 2.85. The van der Waals surface area contributed by atoms with Crippen LogP contribution < -0.4 is 5.32 Å². The molecule has 4 heteroatoms. The maximum Gasteiger partial charge on any atom is 0.318 e. The van der Waals surface area contributed by atoms with Crippen molar-refractivity contribution in [1.82, 2.24) is 14.8 Å². The van der Waals surface area contributed by atoms with Gasteiger partial charge in [0.15, 0.2) is 0 Å². The van der Waals surface area contributed by atoms with Crippen molar-refractivity contribution in [2.45, 2.75) is 26.9 Å². The smallest absolute Gasteiger partial charge is 0.318 e. The maximum atomic E-state index is 12.1. The van der Waals surface area contributed by atoms with Crippen LogP contribution in [0, 0.1) is 6.92 Å². The Morgan fingerprint density at radius 2 is 2.17 bits per heavy atom. The minimum absolute atomic E-state index is 0.0595. The Morgan fingerprint density at radius 1 is 1.35 bits per heavy atom. The molecule has 0 saturated carbocycles. The van der Waals surface area contributed by atoms with E-state index in [1.165, 1.54) is 11.1 Å². The van der Waals surface area contributed by atoms with Crippen molar-refractivity contribution < 1.29 is 4.79 Å². The summed E-state index contributed by atoms with van der Waals surface area (Å²) in [4.78, 5) is 13.9. The zero-order chi connectivity index (χ0) is 16.7. The molecule has 0 spiro atoms. The molecule has 1 N–H and O–H groups in total. The van der Waals surface area contributed by atoms with Crippen molar-refractivity contribution in [2.75, 3.05) is 13.1 Å². The Hall–Kier alpha value is -2.49. The van der Waals surface area contributed by atoms with Crippen LogP contribution in [0.2, 0.25) is 0 Å². The molecule has 0 unspecified atom stereocenters. The van der Waals surface area contributed by atoms with E-state index in [0.29, 0.717) is 19.6 Å². The Balaban J connectivity index is 2.12. The Bertz CT molecular complexity index is 660. The minimum atomic E-state index is -0.0595. The summed E-state index contributed by atoms with van der Waals surface area (Å²) < 4.78 is 2.18. The van der Waals surface area contributed by atoms with Gasteiger partial charge in [-0.2, -0.15) is 0 Å². The Morgan fingerprint density at radius 3 is 2.87 bits per heavy atom. The van der Waals surface area contributed by atoms with Gasteiger partial charge < -0.3 is 14.8 Å². The van der Waals surface area contributed by atoms with Crippen LogP contribution in [0.4, 0.5) is 4.79 Å². The van der Waals surface area contributed by atoms with Crippen LogP contribution in [-0.2, 0) is 13.1 Å². The number of hydrogen-bond acceptors (Lipinski definition) is 1. The van der Waals surface area contributed by atoms with E-state index in [4.69, 9.17) is 0 Å².